The molecule has 0 radical (unpaired) electrons. The summed E-state index contributed by atoms with van der Waals surface area (Å²) < 4.78 is 10.7. The molecule has 0 aliphatic rings. The van der Waals surface area contributed by atoms with Gasteiger partial charge in [0, 0.05) is 11.6 Å². The Kier molecular flexibility index (Phi) is 3.58. The largest absolute Gasteiger partial charge is 0.493 e. The van der Waals surface area contributed by atoms with E-state index in [4.69, 9.17) is 15.2 Å². The lowest BCUT2D eigenvalue weighted by Crippen LogP contribution is -2.10. The van der Waals surface area contributed by atoms with Gasteiger partial charge >= 0.3 is 0 Å². The first kappa shape index (κ1) is 11.9. The van der Waals surface area contributed by atoms with Gasteiger partial charge < -0.3 is 15.2 Å². The number of rotatable bonds is 3. The molecule has 0 spiro atoms. The Morgan fingerprint density at radius 1 is 1.07 bits per heavy atom. The Labute approximate surface area is 91.2 Å². The van der Waals surface area contributed by atoms with Crippen LogP contribution < -0.4 is 15.2 Å². The van der Waals surface area contributed by atoms with Gasteiger partial charge in [-0.25, -0.2) is 0 Å². The Balaban J connectivity index is 3.49. The van der Waals surface area contributed by atoms with Crippen molar-refractivity contribution in [3.8, 4) is 11.5 Å². The normalized spacial score (nSPS) is 12.4. The van der Waals surface area contributed by atoms with Crippen molar-refractivity contribution in [2.24, 2.45) is 5.73 Å². The quantitative estimate of drug-likeness (QED) is 0.831. The van der Waals surface area contributed by atoms with Crippen molar-refractivity contribution in [2.45, 2.75) is 26.8 Å². The van der Waals surface area contributed by atoms with Gasteiger partial charge in [0.1, 0.15) is 0 Å². The molecule has 0 aliphatic carbocycles. The minimum atomic E-state index is -0.0607. The van der Waals surface area contributed by atoms with E-state index in [0.29, 0.717) is 0 Å². The van der Waals surface area contributed by atoms with E-state index in [2.05, 4.69) is 6.07 Å². The predicted molar refractivity (Wildman–Crippen MR) is 61.6 cm³/mol. The maximum atomic E-state index is 5.93. The molecule has 3 nitrogen and oxygen atoms in total. The van der Waals surface area contributed by atoms with E-state index in [9.17, 15) is 0 Å². The Morgan fingerprint density at radius 3 is 2.00 bits per heavy atom. The average molecular weight is 209 g/mol. The highest BCUT2D eigenvalue weighted by atomic mass is 16.5. The summed E-state index contributed by atoms with van der Waals surface area (Å²) in [5, 5.41) is 0. The lowest BCUT2D eigenvalue weighted by Gasteiger charge is -2.19. The Hall–Kier alpha value is -1.22. The van der Waals surface area contributed by atoms with Crippen molar-refractivity contribution in [3.63, 3.8) is 0 Å². The molecular formula is C12H19NO2. The number of hydrogen-bond donors (Lipinski definition) is 1. The molecule has 84 valence electrons. The van der Waals surface area contributed by atoms with Crippen LogP contribution in [0.2, 0.25) is 0 Å². The molecule has 0 saturated heterocycles. The summed E-state index contributed by atoms with van der Waals surface area (Å²) in [5.41, 5.74) is 9.15. The van der Waals surface area contributed by atoms with Crippen LogP contribution in [0.1, 0.15) is 29.7 Å². The average Bonchev–Trinajstić information content (AvgIpc) is 2.15. The first-order valence-electron chi connectivity index (χ1n) is 5.00. The second kappa shape index (κ2) is 4.53. The van der Waals surface area contributed by atoms with E-state index in [1.54, 1.807) is 14.2 Å². The molecule has 0 aliphatic heterocycles. The van der Waals surface area contributed by atoms with Gasteiger partial charge in [-0.15, -0.1) is 0 Å². The monoisotopic (exact) mass is 209 g/mol. The van der Waals surface area contributed by atoms with Crippen LogP contribution in [-0.4, -0.2) is 14.2 Å². The summed E-state index contributed by atoms with van der Waals surface area (Å²) >= 11 is 0. The van der Waals surface area contributed by atoms with Crippen LogP contribution in [0.4, 0.5) is 0 Å². The number of methoxy groups -OCH3 is 2. The van der Waals surface area contributed by atoms with Crippen molar-refractivity contribution in [3.05, 3.63) is 22.8 Å². The van der Waals surface area contributed by atoms with E-state index >= 15 is 0 Å². The van der Waals surface area contributed by atoms with Crippen LogP contribution in [0, 0.1) is 13.8 Å². The van der Waals surface area contributed by atoms with E-state index in [0.717, 1.165) is 28.2 Å². The van der Waals surface area contributed by atoms with Crippen molar-refractivity contribution in [1.29, 1.82) is 0 Å². The Bertz CT molecular complexity index is 359. The fraction of sp³-hybridized carbons (Fsp3) is 0.500. The second-order valence-electron chi connectivity index (χ2n) is 3.78. The van der Waals surface area contributed by atoms with Gasteiger partial charge in [0.05, 0.1) is 14.2 Å². The molecule has 0 aromatic heterocycles. The van der Waals surface area contributed by atoms with Crippen LogP contribution in [0.3, 0.4) is 0 Å². The molecule has 3 heteroatoms. The van der Waals surface area contributed by atoms with Gasteiger partial charge in [0.25, 0.3) is 0 Å². The third-order valence-electron chi connectivity index (χ3n) is 2.53. The minimum absolute atomic E-state index is 0.0607. The van der Waals surface area contributed by atoms with E-state index in [1.807, 2.05) is 20.8 Å². The van der Waals surface area contributed by atoms with E-state index < -0.39 is 0 Å². The van der Waals surface area contributed by atoms with Crippen LogP contribution in [0.15, 0.2) is 6.07 Å². The minimum Gasteiger partial charge on any atom is -0.493 e. The summed E-state index contributed by atoms with van der Waals surface area (Å²) in [7, 11) is 3.29. The Morgan fingerprint density at radius 2 is 1.60 bits per heavy atom. The number of nitrogens with two attached hydrogens (primary N) is 1. The third kappa shape index (κ3) is 2.07. The number of ether oxygens (including phenoxy) is 2. The van der Waals surface area contributed by atoms with E-state index in [1.165, 1.54) is 0 Å². The van der Waals surface area contributed by atoms with Gasteiger partial charge in [-0.05, 0) is 31.9 Å². The number of aryl methyl sites for hydroxylation is 2. The van der Waals surface area contributed by atoms with Crippen LogP contribution in [-0.2, 0) is 0 Å². The molecule has 1 unspecified atom stereocenters. The highest BCUT2D eigenvalue weighted by molar-refractivity contribution is 5.56. The maximum absolute atomic E-state index is 5.93. The van der Waals surface area contributed by atoms with Gasteiger partial charge in [-0.3, -0.25) is 0 Å². The topological polar surface area (TPSA) is 44.5 Å². The molecule has 0 bridgehead atoms. The summed E-state index contributed by atoms with van der Waals surface area (Å²) in [6.07, 6.45) is 0. The molecule has 0 heterocycles. The molecule has 0 amide bonds. The fourth-order valence-electron chi connectivity index (χ4n) is 1.97. The summed E-state index contributed by atoms with van der Waals surface area (Å²) in [6.45, 7) is 5.98. The van der Waals surface area contributed by atoms with Crippen LogP contribution in [0.25, 0.3) is 0 Å². The molecule has 15 heavy (non-hydrogen) atoms. The first-order chi connectivity index (χ1) is 7.02. The highest BCUT2D eigenvalue weighted by Gasteiger charge is 2.18. The molecule has 1 rings (SSSR count). The van der Waals surface area contributed by atoms with Gasteiger partial charge in [0.2, 0.25) is 0 Å². The molecule has 1 atom stereocenters. The predicted octanol–water partition coefficient (Wildman–Crippen LogP) is 2.34. The van der Waals surface area contributed by atoms with Crippen LogP contribution >= 0.6 is 0 Å². The van der Waals surface area contributed by atoms with Crippen molar-refractivity contribution >= 4 is 0 Å². The summed E-state index contributed by atoms with van der Waals surface area (Å²) in [5.74, 6) is 1.53. The second-order valence-corrected chi connectivity index (χ2v) is 3.78. The fourth-order valence-corrected chi connectivity index (χ4v) is 1.97. The molecule has 1 aromatic rings. The molecule has 0 saturated carbocycles. The summed E-state index contributed by atoms with van der Waals surface area (Å²) in [6, 6.07) is 2.01. The SMILES string of the molecule is COc1c(C)cc(C)c(C(C)N)c1OC. The van der Waals surface area contributed by atoms with Crippen LogP contribution in [0.5, 0.6) is 11.5 Å². The maximum Gasteiger partial charge on any atom is 0.166 e. The van der Waals surface area contributed by atoms with Crippen molar-refractivity contribution < 1.29 is 9.47 Å². The zero-order chi connectivity index (χ0) is 11.6. The standard InChI is InChI=1S/C12H19NO2/c1-7-6-8(2)11(14-4)12(15-5)10(7)9(3)13/h6,9H,13H2,1-5H3. The van der Waals surface area contributed by atoms with Gasteiger partial charge in [0.15, 0.2) is 11.5 Å². The lowest BCUT2D eigenvalue weighted by molar-refractivity contribution is 0.347. The molecule has 2 N–H and O–H groups in total. The zero-order valence-electron chi connectivity index (χ0n) is 10.0. The van der Waals surface area contributed by atoms with Gasteiger partial charge in [-0.2, -0.15) is 0 Å². The van der Waals surface area contributed by atoms with Crippen molar-refractivity contribution in [2.75, 3.05) is 14.2 Å². The third-order valence-corrected chi connectivity index (χ3v) is 2.53. The molecular weight excluding hydrogens is 190 g/mol. The zero-order valence-corrected chi connectivity index (χ0v) is 10.0. The molecule has 0 fully saturated rings. The smallest absolute Gasteiger partial charge is 0.166 e. The van der Waals surface area contributed by atoms with Gasteiger partial charge in [-0.1, -0.05) is 6.07 Å². The first-order valence-corrected chi connectivity index (χ1v) is 5.00. The van der Waals surface area contributed by atoms with E-state index in [-0.39, 0.29) is 6.04 Å². The highest BCUT2D eigenvalue weighted by Crippen LogP contribution is 2.38. The lowest BCUT2D eigenvalue weighted by atomic mass is 9.98. The summed E-state index contributed by atoms with van der Waals surface area (Å²) in [4.78, 5) is 0. The molecule has 1 aromatic carbocycles. The number of hydrogen-bond acceptors (Lipinski definition) is 3. The number of benzene rings is 1. The van der Waals surface area contributed by atoms with Crippen molar-refractivity contribution in [1.82, 2.24) is 0 Å².